The summed E-state index contributed by atoms with van der Waals surface area (Å²) in [5, 5.41) is 3.10. The van der Waals surface area contributed by atoms with Crippen molar-refractivity contribution in [2.75, 3.05) is 13.7 Å². The molecule has 0 unspecified atom stereocenters. The number of hydrogen-bond donors (Lipinski definition) is 2. The number of imide groups is 1. The van der Waals surface area contributed by atoms with Gasteiger partial charge in [0.1, 0.15) is 5.75 Å². The van der Waals surface area contributed by atoms with Gasteiger partial charge >= 0.3 is 5.97 Å². The van der Waals surface area contributed by atoms with Crippen molar-refractivity contribution in [1.82, 2.24) is 10.3 Å². The number of fused-ring (bicyclic) bond motifs is 1. The summed E-state index contributed by atoms with van der Waals surface area (Å²) in [4.78, 5) is 39.4. The van der Waals surface area contributed by atoms with Gasteiger partial charge in [-0.05, 0) is 61.9 Å². The van der Waals surface area contributed by atoms with Crippen molar-refractivity contribution in [3.63, 3.8) is 0 Å². The first-order valence-corrected chi connectivity index (χ1v) is 8.63. The van der Waals surface area contributed by atoms with Crippen LogP contribution in [0.4, 0.5) is 0 Å². The van der Waals surface area contributed by atoms with Gasteiger partial charge < -0.3 is 14.5 Å². The third-order valence-electron chi connectivity index (χ3n) is 4.48. The highest BCUT2D eigenvalue weighted by Gasteiger charge is 2.15. The lowest BCUT2D eigenvalue weighted by molar-refractivity contribution is -0.123. The molecule has 28 heavy (non-hydrogen) atoms. The Morgan fingerprint density at radius 2 is 1.68 bits per heavy atom. The SMILES string of the molecule is COc1ccc(C(=O)NC(=O)COC(=O)c2ccc3[nH]c(C)c(C)c3c2)cc1. The van der Waals surface area contributed by atoms with Gasteiger partial charge in [-0.1, -0.05) is 0 Å². The first-order valence-electron chi connectivity index (χ1n) is 8.63. The van der Waals surface area contributed by atoms with E-state index in [-0.39, 0.29) is 0 Å². The molecule has 0 aliphatic heterocycles. The number of aryl methyl sites for hydroxylation is 2. The van der Waals surface area contributed by atoms with E-state index in [1.165, 1.54) is 19.2 Å². The van der Waals surface area contributed by atoms with Crippen molar-refractivity contribution >= 4 is 28.7 Å². The molecule has 7 nitrogen and oxygen atoms in total. The molecule has 2 N–H and O–H groups in total. The molecule has 1 aromatic heterocycles. The Balaban J connectivity index is 1.58. The van der Waals surface area contributed by atoms with Crippen molar-refractivity contribution in [3.05, 3.63) is 64.8 Å². The number of methoxy groups -OCH3 is 1. The van der Waals surface area contributed by atoms with Crippen LogP contribution in [0.25, 0.3) is 10.9 Å². The summed E-state index contributed by atoms with van der Waals surface area (Å²) in [6.07, 6.45) is 0. The van der Waals surface area contributed by atoms with E-state index in [1.807, 2.05) is 13.8 Å². The predicted molar refractivity (Wildman–Crippen MR) is 104 cm³/mol. The van der Waals surface area contributed by atoms with Crippen LogP contribution in [0.5, 0.6) is 5.75 Å². The van der Waals surface area contributed by atoms with Gasteiger partial charge in [0.2, 0.25) is 0 Å². The number of carbonyl (C=O) groups excluding carboxylic acids is 3. The lowest BCUT2D eigenvalue weighted by atomic mass is 10.1. The van der Waals surface area contributed by atoms with Crippen LogP contribution in [0.3, 0.4) is 0 Å². The summed E-state index contributed by atoms with van der Waals surface area (Å²) in [6, 6.07) is 11.4. The molecule has 0 saturated carbocycles. The number of amides is 2. The van der Waals surface area contributed by atoms with Crippen molar-refractivity contribution in [1.29, 1.82) is 0 Å². The monoisotopic (exact) mass is 380 g/mol. The molecule has 2 amide bonds. The third-order valence-corrected chi connectivity index (χ3v) is 4.48. The molecule has 7 heteroatoms. The number of benzene rings is 2. The summed E-state index contributed by atoms with van der Waals surface area (Å²) < 4.78 is 10.0. The fraction of sp³-hybridized carbons (Fsp3) is 0.190. The molecule has 0 radical (unpaired) electrons. The summed E-state index contributed by atoms with van der Waals surface area (Å²) in [5.41, 5.74) is 3.63. The van der Waals surface area contributed by atoms with Gasteiger partial charge in [0.05, 0.1) is 12.7 Å². The minimum Gasteiger partial charge on any atom is -0.497 e. The summed E-state index contributed by atoms with van der Waals surface area (Å²) in [6.45, 7) is 3.36. The van der Waals surface area contributed by atoms with Crippen LogP contribution in [-0.4, -0.2) is 36.5 Å². The summed E-state index contributed by atoms with van der Waals surface area (Å²) in [7, 11) is 1.52. The van der Waals surface area contributed by atoms with Gasteiger partial charge in [-0.15, -0.1) is 0 Å². The molecule has 144 valence electrons. The standard InChI is InChI=1S/C21H20N2O5/c1-12-13(2)22-18-9-6-15(10-17(12)18)21(26)28-11-19(24)23-20(25)14-4-7-16(27-3)8-5-14/h4-10,22H,11H2,1-3H3,(H,23,24,25). The number of hydrogen-bond acceptors (Lipinski definition) is 5. The fourth-order valence-electron chi connectivity index (χ4n) is 2.78. The predicted octanol–water partition coefficient (Wildman–Crippen LogP) is 2.91. The van der Waals surface area contributed by atoms with E-state index in [0.717, 1.165) is 22.2 Å². The first-order chi connectivity index (χ1) is 13.4. The zero-order valence-electron chi connectivity index (χ0n) is 15.8. The minimum atomic E-state index is -0.705. The molecule has 0 aliphatic rings. The maximum atomic E-state index is 12.2. The Hall–Kier alpha value is -3.61. The van der Waals surface area contributed by atoms with Gasteiger partial charge in [-0.3, -0.25) is 14.9 Å². The Morgan fingerprint density at radius 1 is 1.00 bits per heavy atom. The zero-order valence-corrected chi connectivity index (χ0v) is 15.8. The second-order valence-electron chi connectivity index (χ2n) is 6.32. The van der Waals surface area contributed by atoms with E-state index >= 15 is 0 Å². The highest BCUT2D eigenvalue weighted by atomic mass is 16.5. The first kappa shape index (κ1) is 19.2. The Labute approximate surface area is 161 Å². The van der Waals surface area contributed by atoms with E-state index in [1.54, 1.807) is 30.3 Å². The normalized spacial score (nSPS) is 10.5. The second-order valence-corrected chi connectivity index (χ2v) is 6.32. The Kier molecular flexibility index (Phi) is 5.44. The van der Waals surface area contributed by atoms with Crippen molar-refractivity contribution in [2.45, 2.75) is 13.8 Å². The van der Waals surface area contributed by atoms with Crippen molar-refractivity contribution in [3.8, 4) is 5.75 Å². The number of H-pyrrole nitrogens is 1. The summed E-state index contributed by atoms with van der Waals surface area (Å²) in [5.74, 6) is -1.32. The lowest BCUT2D eigenvalue weighted by Gasteiger charge is -2.07. The number of rotatable bonds is 5. The van der Waals surface area contributed by atoms with E-state index in [0.29, 0.717) is 16.9 Å². The van der Waals surface area contributed by atoms with Crippen LogP contribution in [0.15, 0.2) is 42.5 Å². The molecule has 0 aliphatic carbocycles. The van der Waals surface area contributed by atoms with Crippen LogP contribution in [0, 0.1) is 13.8 Å². The highest BCUT2D eigenvalue weighted by Crippen LogP contribution is 2.22. The number of nitrogens with one attached hydrogen (secondary N) is 2. The lowest BCUT2D eigenvalue weighted by Crippen LogP contribution is -2.34. The molecule has 0 atom stereocenters. The smallest absolute Gasteiger partial charge is 0.338 e. The van der Waals surface area contributed by atoms with E-state index in [4.69, 9.17) is 9.47 Å². The second kappa shape index (κ2) is 7.96. The van der Waals surface area contributed by atoms with E-state index < -0.39 is 24.4 Å². The Bertz CT molecular complexity index is 1050. The maximum Gasteiger partial charge on any atom is 0.338 e. The van der Waals surface area contributed by atoms with E-state index in [2.05, 4.69) is 10.3 Å². The maximum absolute atomic E-state index is 12.2. The van der Waals surface area contributed by atoms with E-state index in [9.17, 15) is 14.4 Å². The molecular weight excluding hydrogens is 360 g/mol. The average Bonchev–Trinajstić information content (AvgIpc) is 2.99. The number of ether oxygens (including phenoxy) is 2. The van der Waals surface area contributed by atoms with Crippen LogP contribution in [0.1, 0.15) is 32.0 Å². The quantitative estimate of drug-likeness (QED) is 0.664. The molecule has 0 bridgehead atoms. The Morgan fingerprint density at radius 3 is 2.36 bits per heavy atom. The van der Waals surface area contributed by atoms with Gasteiger partial charge in [-0.25, -0.2) is 4.79 Å². The molecular formula is C21H20N2O5. The average molecular weight is 380 g/mol. The van der Waals surface area contributed by atoms with Crippen LogP contribution in [0.2, 0.25) is 0 Å². The van der Waals surface area contributed by atoms with Gasteiger partial charge in [0.25, 0.3) is 11.8 Å². The zero-order chi connectivity index (χ0) is 20.3. The van der Waals surface area contributed by atoms with Crippen molar-refractivity contribution < 1.29 is 23.9 Å². The number of aromatic amines is 1. The molecule has 0 fully saturated rings. The molecule has 3 rings (SSSR count). The number of esters is 1. The summed E-state index contributed by atoms with van der Waals surface area (Å²) >= 11 is 0. The largest absolute Gasteiger partial charge is 0.497 e. The molecule has 3 aromatic rings. The third kappa shape index (κ3) is 4.03. The van der Waals surface area contributed by atoms with Crippen LogP contribution in [-0.2, 0) is 9.53 Å². The van der Waals surface area contributed by atoms with Gasteiger partial charge in [-0.2, -0.15) is 0 Å². The highest BCUT2D eigenvalue weighted by molar-refractivity contribution is 6.05. The number of aromatic nitrogens is 1. The molecule has 0 spiro atoms. The van der Waals surface area contributed by atoms with Gasteiger partial charge in [0, 0.05) is 22.2 Å². The number of carbonyl (C=O) groups is 3. The molecule has 1 heterocycles. The van der Waals surface area contributed by atoms with Crippen molar-refractivity contribution in [2.24, 2.45) is 0 Å². The fourth-order valence-corrected chi connectivity index (χ4v) is 2.78. The van der Waals surface area contributed by atoms with Gasteiger partial charge in [0.15, 0.2) is 6.61 Å². The van der Waals surface area contributed by atoms with Crippen LogP contribution >= 0.6 is 0 Å². The molecule has 0 saturated heterocycles. The minimum absolute atomic E-state index is 0.296. The van der Waals surface area contributed by atoms with Crippen LogP contribution < -0.4 is 10.1 Å². The topological polar surface area (TPSA) is 97.5 Å². The molecule has 2 aromatic carbocycles.